The van der Waals surface area contributed by atoms with Gasteiger partial charge in [-0.05, 0) is 52.9 Å². The first-order valence-corrected chi connectivity index (χ1v) is 14.7. The summed E-state index contributed by atoms with van der Waals surface area (Å²) < 4.78 is 7.44. The average Bonchev–Trinajstić information content (AvgIpc) is 3.44. The zero-order valence-corrected chi connectivity index (χ0v) is 24.4. The van der Waals surface area contributed by atoms with E-state index in [-0.39, 0.29) is 11.7 Å². The van der Waals surface area contributed by atoms with E-state index in [2.05, 4.69) is 71.1 Å². The maximum absolute atomic E-state index is 13.7. The van der Waals surface area contributed by atoms with Crippen molar-refractivity contribution in [3.63, 3.8) is 0 Å². The van der Waals surface area contributed by atoms with Crippen molar-refractivity contribution < 1.29 is 9.53 Å². The molecule has 7 heteroatoms. The van der Waals surface area contributed by atoms with E-state index in [0.717, 1.165) is 34.0 Å². The number of nitrogens with zero attached hydrogens (tertiary/aromatic N) is 4. The summed E-state index contributed by atoms with van der Waals surface area (Å²) in [5.41, 5.74) is 5.31. The van der Waals surface area contributed by atoms with Crippen LogP contribution in [0.1, 0.15) is 36.5 Å². The molecule has 0 saturated carbocycles. The van der Waals surface area contributed by atoms with Gasteiger partial charge in [-0.1, -0.05) is 104 Å². The number of carbonyl (C=O) groups is 1. The molecule has 208 valence electrons. The van der Waals surface area contributed by atoms with Gasteiger partial charge in [-0.3, -0.25) is 9.36 Å². The van der Waals surface area contributed by atoms with E-state index in [1.54, 1.807) is 7.11 Å². The molecule has 0 aliphatic heterocycles. The van der Waals surface area contributed by atoms with E-state index in [9.17, 15) is 4.79 Å². The van der Waals surface area contributed by atoms with Crippen molar-refractivity contribution in [1.82, 2.24) is 19.7 Å². The second kappa shape index (κ2) is 13.3. The number of ether oxygens (including phenoxy) is 1. The van der Waals surface area contributed by atoms with Crippen LogP contribution in [-0.4, -0.2) is 38.4 Å². The molecule has 0 N–H and O–H groups in total. The average molecular weight is 563 g/mol. The third-order valence-electron chi connectivity index (χ3n) is 6.89. The predicted octanol–water partition coefficient (Wildman–Crippen LogP) is 7.39. The molecular formula is C34H34N4O2S. The van der Waals surface area contributed by atoms with Crippen molar-refractivity contribution in [2.75, 3.05) is 12.9 Å². The molecule has 6 nitrogen and oxygen atoms in total. The fraction of sp³-hybridized carbons (Fsp3) is 0.206. The summed E-state index contributed by atoms with van der Waals surface area (Å²) in [6.07, 6.45) is 0. The number of rotatable bonds is 11. The van der Waals surface area contributed by atoms with E-state index >= 15 is 0 Å². The number of aromatic nitrogens is 3. The molecule has 1 heterocycles. The molecular weight excluding hydrogens is 528 g/mol. The highest BCUT2D eigenvalue weighted by Gasteiger charge is 2.22. The fourth-order valence-electron chi connectivity index (χ4n) is 4.74. The Morgan fingerprint density at radius 1 is 0.805 bits per heavy atom. The van der Waals surface area contributed by atoms with E-state index in [0.29, 0.717) is 24.2 Å². The van der Waals surface area contributed by atoms with Gasteiger partial charge < -0.3 is 9.64 Å². The van der Waals surface area contributed by atoms with Crippen molar-refractivity contribution >= 4 is 17.7 Å². The largest absolute Gasteiger partial charge is 0.497 e. The summed E-state index contributed by atoms with van der Waals surface area (Å²) in [7, 11) is 1.65. The molecule has 5 rings (SSSR count). The van der Waals surface area contributed by atoms with Crippen LogP contribution in [0.4, 0.5) is 0 Å². The lowest BCUT2D eigenvalue weighted by Gasteiger charge is -2.23. The molecule has 0 aliphatic rings. The zero-order chi connectivity index (χ0) is 28.6. The maximum atomic E-state index is 13.7. The van der Waals surface area contributed by atoms with E-state index < -0.39 is 0 Å². The lowest BCUT2D eigenvalue weighted by Crippen LogP contribution is -2.31. The summed E-state index contributed by atoms with van der Waals surface area (Å²) in [6, 6.07) is 36.3. The van der Waals surface area contributed by atoms with Crippen LogP contribution in [0.2, 0.25) is 0 Å². The van der Waals surface area contributed by atoms with Crippen molar-refractivity contribution in [2.45, 2.75) is 38.0 Å². The Bertz CT molecular complexity index is 1530. The summed E-state index contributed by atoms with van der Waals surface area (Å²) in [5, 5.41) is 9.87. The monoisotopic (exact) mass is 562 g/mol. The van der Waals surface area contributed by atoms with E-state index in [1.807, 2.05) is 71.6 Å². The number of amides is 1. The third-order valence-corrected chi connectivity index (χ3v) is 7.80. The Morgan fingerprint density at radius 2 is 1.39 bits per heavy atom. The van der Waals surface area contributed by atoms with Crippen LogP contribution in [0.3, 0.4) is 0 Å². The van der Waals surface area contributed by atoms with Crippen LogP contribution in [-0.2, 0) is 17.9 Å². The number of carbonyl (C=O) groups excluding carboxylic acids is 1. The van der Waals surface area contributed by atoms with Gasteiger partial charge in [0.25, 0.3) is 0 Å². The van der Waals surface area contributed by atoms with Crippen molar-refractivity contribution in [3.8, 4) is 22.8 Å². The molecule has 0 saturated heterocycles. The summed E-state index contributed by atoms with van der Waals surface area (Å²) in [6.45, 7) is 5.43. The quantitative estimate of drug-likeness (QED) is 0.157. The van der Waals surface area contributed by atoms with E-state index in [4.69, 9.17) is 4.74 Å². The first-order valence-electron chi connectivity index (χ1n) is 13.7. The second-order valence-electron chi connectivity index (χ2n) is 10.1. The standard InChI is InChI=1S/C34H34N4O2S/c1-25(2)30-16-10-11-17-31(30)38-33(28-18-20-29(40-3)21-19-28)35-36-34(38)41-24-32(39)37(22-26-12-6-4-7-13-26)23-27-14-8-5-9-15-27/h4-21,25H,22-24H2,1-3H3. The van der Waals surface area contributed by atoms with E-state index in [1.165, 1.54) is 17.3 Å². The highest BCUT2D eigenvalue weighted by molar-refractivity contribution is 7.99. The molecule has 41 heavy (non-hydrogen) atoms. The molecule has 1 aromatic heterocycles. The molecule has 5 aromatic rings. The fourth-order valence-corrected chi connectivity index (χ4v) is 5.59. The van der Waals surface area contributed by atoms with Crippen molar-refractivity contribution in [2.24, 2.45) is 0 Å². The van der Waals surface area contributed by atoms with Crippen LogP contribution in [0.15, 0.2) is 114 Å². The summed E-state index contributed by atoms with van der Waals surface area (Å²) >= 11 is 1.42. The number of hydrogen-bond donors (Lipinski definition) is 0. The van der Waals surface area contributed by atoms with Crippen LogP contribution < -0.4 is 4.74 Å². The Labute approximate surface area is 246 Å². The highest BCUT2D eigenvalue weighted by Crippen LogP contribution is 2.33. The van der Waals surface area contributed by atoms with Gasteiger partial charge >= 0.3 is 0 Å². The molecule has 0 fully saturated rings. The maximum Gasteiger partial charge on any atom is 0.233 e. The Kier molecular flexibility index (Phi) is 9.16. The van der Waals surface area contributed by atoms with Gasteiger partial charge in [0, 0.05) is 18.7 Å². The number of para-hydroxylation sites is 1. The molecule has 0 bridgehead atoms. The topological polar surface area (TPSA) is 60.3 Å². The minimum Gasteiger partial charge on any atom is -0.497 e. The number of hydrogen-bond acceptors (Lipinski definition) is 5. The summed E-state index contributed by atoms with van der Waals surface area (Å²) in [5.74, 6) is 2.08. The van der Waals surface area contributed by atoms with Crippen LogP contribution >= 0.6 is 11.8 Å². The van der Waals surface area contributed by atoms with Crippen molar-refractivity contribution in [1.29, 1.82) is 0 Å². The van der Waals surface area contributed by atoms with Crippen LogP contribution in [0.25, 0.3) is 17.1 Å². The zero-order valence-electron chi connectivity index (χ0n) is 23.6. The smallest absolute Gasteiger partial charge is 0.233 e. The van der Waals surface area contributed by atoms with Gasteiger partial charge in [-0.15, -0.1) is 10.2 Å². The minimum absolute atomic E-state index is 0.0420. The SMILES string of the molecule is COc1ccc(-c2nnc(SCC(=O)N(Cc3ccccc3)Cc3ccccc3)n2-c2ccccc2C(C)C)cc1. The molecule has 0 atom stereocenters. The normalized spacial score (nSPS) is 11.0. The Hall–Kier alpha value is -4.36. The molecule has 4 aromatic carbocycles. The van der Waals surface area contributed by atoms with Gasteiger partial charge in [-0.2, -0.15) is 0 Å². The number of benzene rings is 4. The van der Waals surface area contributed by atoms with Crippen LogP contribution in [0.5, 0.6) is 5.75 Å². The van der Waals surface area contributed by atoms with Crippen molar-refractivity contribution in [3.05, 3.63) is 126 Å². The minimum atomic E-state index is 0.0420. The summed E-state index contributed by atoms with van der Waals surface area (Å²) in [4.78, 5) is 15.6. The first-order chi connectivity index (χ1) is 20.0. The second-order valence-corrected chi connectivity index (χ2v) is 11.0. The molecule has 0 spiro atoms. The third kappa shape index (κ3) is 6.87. The number of thioether (sulfide) groups is 1. The van der Waals surface area contributed by atoms with Gasteiger partial charge in [0.1, 0.15) is 5.75 Å². The Balaban J connectivity index is 1.46. The molecule has 0 radical (unpaired) electrons. The Morgan fingerprint density at radius 3 is 1.98 bits per heavy atom. The first kappa shape index (κ1) is 28.2. The predicted molar refractivity (Wildman–Crippen MR) is 165 cm³/mol. The highest BCUT2D eigenvalue weighted by atomic mass is 32.2. The number of methoxy groups -OCH3 is 1. The van der Waals surface area contributed by atoms with Gasteiger partial charge in [-0.25, -0.2) is 0 Å². The van der Waals surface area contributed by atoms with Gasteiger partial charge in [0.05, 0.1) is 18.6 Å². The molecule has 0 unspecified atom stereocenters. The lowest BCUT2D eigenvalue weighted by molar-refractivity contribution is -0.129. The molecule has 1 amide bonds. The molecule has 0 aliphatic carbocycles. The van der Waals surface area contributed by atoms with Crippen LogP contribution in [0, 0.1) is 0 Å². The lowest BCUT2D eigenvalue weighted by atomic mass is 10.0. The van der Waals surface area contributed by atoms with Gasteiger partial charge in [0.15, 0.2) is 11.0 Å². The van der Waals surface area contributed by atoms with Gasteiger partial charge in [0.2, 0.25) is 5.91 Å².